The van der Waals surface area contributed by atoms with Gasteiger partial charge in [-0.1, -0.05) is 20.8 Å². The first kappa shape index (κ1) is 14.3. The van der Waals surface area contributed by atoms with Crippen molar-refractivity contribution >= 4 is 0 Å². The fourth-order valence-electron chi connectivity index (χ4n) is 3.91. The maximum atomic E-state index is 3.59. The summed E-state index contributed by atoms with van der Waals surface area (Å²) in [6.07, 6.45) is 7.04. The smallest absolute Gasteiger partial charge is 0.0156 e. The third-order valence-electron chi connectivity index (χ3n) is 5.03. The summed E-state index contributed by atoms with van der Waals surface area (Å²) in [4.78, 5) is 2.74. The molecule has 2 aliphatic rings. The highest BCUT2D eigenvalue weighted by Crippen LogP contribution is 2.41. The van der Waals surface area contributed by atoms with E-state index in [0.717, 1.165) is 11.8 Å². The van der Waals surface area contributed by atoms with Gasteiger partial charge in [0, 0.05) is 19.1 Å². The van der Waals surface area contributed by atoms with Crippen molar-refractivity contribution in [3.8, 4) is 0 Å². The monoisotopic (exact) mass is 252 g/mol. The van der Waals surface area contributed by atoms with Crippen LogP contribution >= 0.6 is 0 Å². The van der Waals surface area contributed by atoms with Gasteiger partial charge in [-0.2, -0.15) is 0 Å². The van der Waals surface area contributed by atoms with Crippen molar-refractivity contribution in [3.63, 3.8) is 0 Å². The Bertz CT molecular complexity index is 258. The number of rotatable bonds is 7. The second-order valence-corrected chi connectivity index (χ2v) is 7.26. The quantitative estimate of drug-likeness (QED) is 0.749. The van der Waals surface area contributed by atoms with E-state index in [2.05, 4.69) is 38.0 Å². The van der Waals surface area contributed by atoms with Gasteiger partial charge in [-0.15, -0.1) is 0 Å². The van der Waals surface area contributed by atoms with E-state index in [1.807, 2.05) is 0 Å². The van der Waals surface area contributed by atoms with Gasteiger partial charge in [0.1, 0.15) is 0 Å². The molecule has 0 radical (unpaired) electrons. The summed E-state index contributed by atoms with van der Waals surface area (Å²) in [7, 11) is 2.15. The molecule has 0 aliphatic heterocycles. The van der Waals surface area contributed by atoms with Crippen LogP contribution < -0.4 is 5.32 Å². The minimum absolute atomic E-state index is 0.483. The van der Waals surface area contributed by atoms with Crippen molar-refractivity contribution in [2.75, 3.05) is 26.7 Å². The maximum absolute atomic E-state index is 3.59. The van der Waals surface area contributed by atoms with Gasteiger partial charge < -0.3 is 10.2 Å². The Morgan fingerprint density at radius 3 is 2.44 bits per heavy atom. The summed E-state index contributed by atoms with van der Waals surface area (Å²) in [6.45, 7) is 11.1. The Morgan fingerprint density at radius 1 is 1.17 bits per heavy atom. The molecule has 2 rings (SSSR count). The maximum Gasteiger partial charge on any atom is 0.0156 e. The van der Waals surface area contributed by atoms with Gasteiger partial charge in [0.05, 0.1) is 0 Å². The molecule has 18 heavy (non-hydrogen) atoms. The fraction of sp³-hybridized carbons (Fsp3) is 1.00. The lowest BCUT2D eigenvalue weighted by Gasteiger charge is -2.33. The number of hydrogen-bond acceptors (Lipinski definition) is 2. The zero-order valence-corrected chi connectivity index (χ0v) is 12.8. The molecule has 1 N–H and O–H groups in total. The van der Waals surface area contributed by atoms with Gasteiger partial charge in [0.15, 0.2) is 0 Å². The Kier molecular flexibility index (Phi) is 4.71. The average Bonchev–Trinajstić information content (AvgIpc) is 3.05. The van der Waals surface area contributed by atoms with Crippen molar-refractivity contribution in [1.29, 1.82) is 0 Å². The van der Waals surface area contributed by atoms with Gasteiger partial charge in [-0.25, -0.2) is 0 Å². The van der Waals surface area contributed by atoms with E-state index < -0.39 is 0 Å². The molecule has 2 saturated carbocycles. The summed E-state index contributed by atoms with van der Waals surface area (Å²) >= 11 is 0. The molecule has 0 saturated heterocycles. The molecular weight excluding hydrogens is 220 g/mol. The lowest BCUT2D eigenvalue weighted by molar-refractivity contribution is 0.184. The standard InChI is InChI=1S/C16H32N2/c1-5-10-18(11-13-6-7-13)12-14-8-9-16(2,3)15(14)17-4/h13-15,17H,5-12H2,1-4H3. The predicted octanol–water partition coefficient (Wildman–Crippen LogP) is 3.13. The Labute approximate surface area is 114 Å². The molecule has 2 aliphatic carbocycles. The highest BCUT2D eigenvalue weighted by atomic mass is 15.1. The molecule has 0 spiro atoms. The van der Waals surface area contributed by atoms with E-state index in [-0.39, 0.29) is 0 Å². The van der Waals surface area contributed by atoms with Crippen LogP contribution in [-0.4, -0.2) is 37.6 Å². The average molecular weight is 252 g/mol. The summed E-state index contributed by atoms with van der Waals surface area (Å²) in [5, 5.41) is 3.59. The van der Waals surface area contributed by atoms with Crippen molar-refractivity contribution in [2.24, 2.45) is 17.3 Å². The lowest BCUT2D eigenvalue weighted by atomic mass is 9.85. The fourth-order valence-corrected chi connectivity index (χ4v) is 3.91. The van der Waals surface area contributed by atoms with E-state index in [9.17, 15) is 0 Å². The SMILES string of the molecule is CCCN(CC1CC1)CC1CCC(C)(C)C1NC. The van der Waals surface area contributed by atoms with E-state index in [1.165, 1.54) is 51.7 Å². The molecule has 2 fully saturated rings. The van der Waals surface area contributed by atoms with Crippen molar-refractivity contribution in [2.45, 2.75) is 58.9 Å². The van der Waals surface area contributed by atoms with Crippen LogP contribution in [0, 0.1) is 17.3 Å². The first-order chi connectivity index (χ1) is 8.56. The van der Waals surface area contributed by atoms with Crippen molar-refractivity contribution in [3.05, 3.63) is 0 Å². The summed E-state index contributed by atoms with van der Waals surface area (Å²) in [5.74, 6) is 1.88. The molecular formula is C16H32N2. The first-order valence-corrected chi connectivity index (χ1v) is 7.96. The van der Waals surface area contributed by atoms with Crippen molar-refractivity contribution in [1.82, 2.24) is 10.2 Å². The molecule has 0 aromatic carbocycles. The number of nitrogens with zero attached hydrogens (tertiary/aromatic N) is 1. The van der Waals surface area contributed by atoms with Gasteiger partial charge in [-0.05, 0) is 62.9 Å². The largest absolute Gasteiger partial charge is 0.316 e. The molecule has 2 nitrogen and oxygen atoms in total. The third kappa shape index (κ3) is 3.48. The molecule has 106 valence electrons. The normalized spacial score (nSPS) is 31.2. The molecule has 2 unspecified atom stereocenters. The second kappa shape index (κ2) is 5.92. The molecule has 2 heteroatoms. The van der Waals surface area contributed by atoms with Gasteiger partial charge in [-0.3, -0.25) is 0 Å². The van der Waals surface area contributed by atoms with Gasteiger partial charge in [0.2, 0.25) is 0 Å². The van der Waals surface area contributed by atoms with E-state index in [0.29, 0.717) is 11.5 Å². The molecule has 0 amide bonds. The van der Waals surface area contributed by atoms with Crippen LogP contribution in [0.4, 0.5) is 0 Å². The van der Waals surface area contributed by atoms with Crippen molar-refractivity contribution < 1.29 is 0 Å². The minimum atomic E-state index is 0.483. The first-order valence-electron chi connectivity index (χ1n) is 7.96. The summed E-state index contributed by atoms with van der Waals surface area (Å²) in [5.41, 5.74) is 0.483. The Balaban J connectivity index is 1.89. The third-order valence-corrected chi connectivity index (χ3v) is 5.03. The zero-order valence-electron chi connectivity index (χ0n) is 12.8. The van der Waals surface area contributed by atoms with Gasteiger partial charge >= 0.3 is 0 Å². The molecule has 2 atom stereocenters. The van der Waals surface area contributed by atoms with Crippen LogP contribution in [-0.2, 0) is 0 Å². The van der Waals surface area contributed by atoms with Crippen LogP contribution in [0.5, 0.6) is 0 Å². The highest BCUT2D eigenvalue weighted by molar-refractivity contribution is 4.96. The van der Waals surface area contributed by atoms with Crippen LogP contribution in [0.15, 0.2) is 0 Å². The van der Waals surface area contributed by atoms with E-state index in [1.54, 1.807) is 0 Å². The molecule has 0 aromatic heterocycles. The van der Waals surface area contributed by atoms with Crippen LogP contribution in [0.25, 0.3) is 0 Å². The molecule has 0 aromatic rings. The second-order valence-electron chi connectivity index (χ2n) is 7.26. The van der Waals surface area contributed by atoms with Crippen LogP contribution in [0.3, 0.4) is 0 Å². The molecule has 0 bridgehead atoms. The Morgan fingerprint density at radius 2 is 1.89 bits per heavy atom. The topological polar surface area (TPSA) is 15.3 Å². The van der Waals surface area contributed by atoms with E-state index >= 15 is 0 Å². The molecule has 0 heterocycles. The zero-order chi connectivity index (χ0) is 13.2. The minimum Gasteiger partial charge on any atom is -0.316 e. The van der Waals surface area contributed by atoms with Gasteiger partial charge in [0.25, 0.3) is 0 Å². The number of hydrogen-bond donors (Lipinski definition) is 1. The summed E-state index contributed by atoms with van der Waals surface area (Å²) in [6, 6.07) is 0.705. The highest BCUT2D eigenvalue weighted by Gasteiger charge is 2.41. The van der Waals surface area contributed by atoms with Crippen LogP contribution in [0.1, 0.15) is 52.9 Å². The van der Waals surface area contributed by atoms with E-state index in [4.69, 9.17) is 0 Å². The lowest BCUT2D eigenvalue weighted by Crippen LogP contribution is -2.44. The predicted molar refractivity (Wildman–Crippen MR) is 78.8 cm³/mol. The van der Waals surface area contributed by atoms with Crippen LogP contribution in [0.2, 0.25) is 0 Å². The Hall–Kier alpha value is -0.0800. The summed E-state index contributed by atoms with van der Waals surface area (Å²) < 4.78 is 0. The number of nitrogens with one attached hydrogen (secondary N) is 1.